The van der Waals surface area contributed by atoms with Crippen molar-refractivity contribution in [2.45, 2.75) is 25.7 Å². The predicted octanol–water partition coefficient (Wildman–Crippen LogP) is 2.18. The molecule has 17 heavy (non-hydrogen) atoms. The van der Waals surface area contributed by atoms with Crippen LogP contribution in [-0.2, 0) is 0 Å². The highest BCUT2D eigenvalue weighted by Crippen LogP contribution is 2.33. The van der Waals surface area contributed by atoms with Gasteiger partial charge in [-0.2, -0.15) is 5.10 Å². The quantitative estimate of drug-likeness (QED) is 0.740. The van der Waals surface area contributed by atoms with Gasteiger partial charge in [0.25, 0.3) is 0 Å². The van der Waals surface area contributed by atoms with E-state index in [-0.39, 0.29) is 0 Å². The number of H-pyrrole nitrogens is 2. The zero-order valence-corrected chi connectivity index (χ0v) is 10.1. The first-order chi connectivity index (χ1) is 8.36. The minimum Gasteiger partial charge on any atom is -0.361 e. The van der Waals surface area contributed by atoms with Crippen molar-refractivity contribution in [1.82, 2.24) is 20.5 Å². The predicted molar refractivity (Wildman–Crippen MR) is 68.0 cm³/mol. The van der Waals surface area contributed by atoms with Gasteiger partial charge < -0.3 is 10.3 Å². The van der Waals surface area contributed by atoms with Crippen LogP contribution in [0.2, 0.25) is 0 Å². The molecular formula is C13H18N4. The number of rotatable bonds is 2. The van der Waals surface area contributed by atoms with Crippen LogP contribution in [-0.4, -0.2) is 28.3 Å². The summed E-state index contributed by atoms with van der Waals surface area (Å²) in [7, 11) is 0. The molecule has 0 atom stereocenters. The fourth-order valence-electron chi connectivity index (χ4n) is 2.66. The van der Waals surface area contributed by atoms with Crippen molar-refractivity contribution < 1.29 is 0 Å². The molecule has 2 aromatic heterocycles. The second-order valence-electron chi connectivity index (χ2n) is 4.72. The third-order valence-corrected chi connectivity index (χ3v) is 3.57. The maximum atomic E-state index is 4.52. The molecule has 3 rings (SSSR count). The van der Waals surface area contributed by atoms with Crippen molar-refractivity contribution in [3.8, 4) is 11.3 Å². The molecule has 0 spiro atoms. The number of hydrogen-bond acceptors (Lipinski definition) is 2. The molecule has 1 fully saturated rings. The van der Waals surface area contributed by atoms with Crippen LogP contribution in [0.1, 0.15) is 30.1 Å². The van der Waals surface area contributed by atoms with E-state index in [9.17, 15) is 0 Å². The van der Waals surface area contributed by atoms with E-state index in [4.69, 9.17) is 0 Å². The maximum absolute atomic E-state index is 4.52. The Morgan fingerprint density at radius 3 is 2.82 bits per heavy atom. The largest absolute Gasteiger partial charge is 0.361 e. The fraction of sp³-hybridized carbons (Fsp3) is 0.462. The zero-order chi connectivity index (χ0) is 11.7. The Morgan fingerprint density at radius 1 is 1.29 bits per heavy atom. The summed E-state index contributed by atoms with van der Waals surface area (Å²) in [6.07, 6.45) is 4.32. The molecule has 4 heteroatoms. The van der Waals surface area contributed by atoms with Crippen LogP contribution in [0.5, 0.6) is 0 Å². The lowest BCUT2D eigenvalue weighted by Crippen LogP contribution is -2.27. The Balaban J connectivity index is 1.99. The molecule has 1 saturated heterocycles. The van der Waals surface area contributed by atoms with Gasteiger partial charge in [-0.3, -0.25) is 5.10 Å². The molecule has 1 aliphatic heterocycles. The lowest BCUT2D eigenvalue weighted by atomic mass is 9.91. The molecule has 90 valence electrons. The number of aromatic nitrogens is 3. The fourth-order valence-corrected chi connectivity index (χ4v) is 2.66. The van der Waals surface area contributed by atoms with Gasteiger partial charge in [-0.25, -0.2) is 0 Å². The van der Waals surface area contributed by atoms with Gasteiger partial charge in [0.15, 0.2) is 0 Å². The first kappa shape index (κ1) is 10.6. The van der Waals surface area contributed by atoms with E-state index in [1.807, 2.05) is 12.3 Å². The van der Waals surface area contributed by atoms with Crippen molar-refractivity contribution in [3.05, 3.63) is 29.7 Å². The molecule has 0 saturated carbocycles. The van der Waals surface area contributed by atoms with Crippen LogP contribution >= 0.6 is 0 Å². The zero-order valence-electron chi connectivity index (χ0n) is 10.1. The summed E-state index contributed by atoms with van der Waals surface area (Å²) in [5.41, 5.74) is 4.82. The van der Waals surface area contributed by atoms with Gasteiger partial charge in [-0.05, 0) is 45.0 Å². The van der Waals surface area contributed by atoms with Gasteiger partial charge in [0.2, 0.25) is 0 Å². The molecule has 3 N–H and O–H groups in total. The second kappa shape index (κ2) is 4.37. The molecule has 0 amide bonds. The SMILES string of the molecule is Cc1[nH]nc(C2CCNCC2)c1-c1ccc[nH]1. The summed E-state index contributed by atoms with van der Waals surface area (Å²) >= 11 is 0. The number of aromatic amines is 2. The van der Waals surface area contributed by atoms with E-state index >= 15 is 0 Å². The van der Waals surface area contributed by atoms with E-state index < -0.39 is 0 Å². The molecule has 0 bridgehead atoms. The molecule has 0 unspecified atom stereocenters. The normalized spacial score (nSPS) is 17.5. The number of nitrogens with one attached hydrogen (secondary N) is 3. The number of hydrogen-bond donors (Lipinski definition) is 3. The average molecular weight is 230 g/mol. The summed E-state index contributed by atoms with van der Waals surface area (Å²) < 4.78 is 0. The average Bonchev–Trinajstić information content (AvgIpc) is 2.99. The Hall–Kier alpha value is -1.55. The Bertz CT molecular complexity index is 477. The van der Waals surface area contributed by atoms with Gasteiger partial charge in [0, 0.05) is 29.1 Å². The standard InChI is InChI=1S/C13H18N4/c1-9-12(11-3-2-6-15-11)13(17-16-9)10-4-7-14-8-5-10/h2-3,6,10,14-15H,4-5,7-8H2,1H3,(H,16,17). The van der Waals surface area contributed by atoms with E-state index in [0.29, 0.717) is 5.92 Å². The van der Waals surface area contributed by atoms with Crippen LogP contribution in [0.15, 0.2) is 18.3 Å². The summed E-state index contributed by atoms with van der Waals surface area (Å²) in [4.78, 5) is 3.28. The minimum absolute atomic E-state index is 0.583. The van der Waals surface area contributed by atoms with Crippen LogP contribution in [0.4, 0.5) is 0 Å². The molecule has 3 heterocycles. The number of piperidine rings is 1. The van der Waals surface area contributed by atoms with Crippen LogP contribution in [0, 0.1) is 6.92 Å². The van der Waals surface area contributed by atoms with Gasteiger partial charge in [-0.15, -0.1) is 0 Å². The maximum Gasteiger partial charge on any atom is 0.0750 e. The molecule has 4 nitrogen and oxygen atoms in total. The highest BCUT2D eigenvalue weighted by molar-refractivity contribution is 5.65. The van der Waals surface area contributed by atoms with Gasteiger partial charge >= 0.3 is 0 Å². The summed E-state index contributed by atoms with van der Waals surface area (Å²) in [6.45, 7) is 4.29. The smallest absolute Gasteiger partial charge is 0.0750 e. The molecule has 0 radical (unpaired) electrons. The molecular weight excluding hydrogens is 212 g/mol. The van der Waals surface area contributed by atoms with E-state index in [1.54, 1.807) is 0 Å². The van der Waals surface area contributed by atoms with Crippen LogP contribution < -0.4 is 5.32 Å². The molecule has 0 aliphatic carbocycles. The molecule has 0 aromatic carbocycles. The van der Waals surface area contributed by atoms with Gasteiger partial charge in [0.05, 0.1) is 5.69 Å². The van der Waals surface area contributed by atoms with E-state index in [1.165, 1.54) is 29.8 Å². The highest BCUT2D eigenvalue weighted by Gasteiger charge is 2.23. The summed E-state index contributed by atoms with van der Waals surface area (Å²) in [5, 5.41) is 11.1. The minimum atomic E-state index is 0.583. The molecule has 2 aromatic rings. The van der Waals surface area contributed by atoms with Crippen LogP contribution in [0.25, 0.3) is 11.3 Å². The summed E-state index contributed by atoms with van der Waals surface area (Å²) in [5.74, 6) is 0.583. The van der Waals surface area contributed by atoms with Crippen molar-refractivity contribution in [2.24, 2.45) is 0 Å². The topological polar surface area (TPSA) is 56.5 Å². The van der Waals surface area contributed by atoms with Crippen molar-refractivity contribution in [3.63, 3.8) is 0 Å². The highest BCUT2D eigenvalue weighted by atomic mass is 15.1. The third-order valence-electron chi connectivity index (χ3n) is 3.57. The Morgan fingerprint density at radius 2 is 2.12 bits per heavy atom. The molecule has 1 aliphatic rings. The Kier molecular flexibility index (Phi) is 2.73. The van der Waals surface area contributed by atoms with E-state index in [0.717, 1.165) is 18.8 Å². The van der Waals surface area contributed by atoms with E-state index in [2.05, 4.69) is 33.5 Å². The van der Waals surface area contributed by atoms with Crippen molar-refractivity contribution in [2.75, 3.05) is 13.1 Å². The Labute approximate surface area is 101 Å². The third kappa shape index (κ3) is 1.89. The second-order valence-corrected chi connectivity index (χ2v) is 4.72. The van der Waals surface area contributed by atoms with Gasteiger partial charge in [-0.1, -0.05) is 0 Å². The first-order valence-corrected chi connectivity index (χ1v) is 6.25. The monoisotopic (exact) mass is 230 g/mol. The van der Waals surface area contributed by atoms with Crippen molar-refractivity contribution >= 4 is 0 Å². The number of aryl methyl sites for hydroxylation is 1. The van der Waals surface area contributed by atoms with Crippen LogP contribution in [0.3, 0.4) is 0 Å². The van der Waals surface area contributed by atoms with Crippen molar-refractivity contribution in [1.29, 1.82) is 0 Å². The first-order valence-electron chi connectivity index (χ1n) is 6.25. The summed E-state index contributed by atoms with van der Waals surface area (Å²) in [6, 6.07) is 4.15. The lowest BCUT2D eigenvalue weighted by molar-refractivity contribution is 0.453. The van der Waals surface area contributed by atoms with Gasteiger partial charge in [0.1, 0.15) is 0 Å². The lowest BCUT2D eigenvalue weighted by Gasteiger charge is -2.21. The number of nitrogens with zero attached hydrogens (tertiary/aromatic N) is 1.